The number of rotatable bonds is 6. The molecule has 0 fully saturated rings. The minimum Gasteiger partial charge on any atom is -0.343 e. The predicted octanol–water partition coefficient (Wildman–Crippen LogP) is 7.18. The van der Waals surface area contributed by atoms with Gasteiger partial charge in [0.1, 0.15) is 0 Å². The van der Waals surface area contributed by atoms with Gasteiger partial charge in [-0.15, -0.1) is 5.10 Å². The topological polar surface area (TPSA) is 35.6 Å². The molecule has 4 nitrogen and oxygen atoms in total. The highest BCUT2D eigenvalue weighted by atomic mass is 79.9. The molecule has 0 spiro atoms. The van der Waals surface area contributed by atoms with Crippen LogP contribution in [0.2, 0.25) is 10.0 Å². The number of fused-ring (bicyclic) bond motifs is 1. The Hall–Kier alpha value is -2.60. The van der Waals surface area contributed by atoms with E-state index in [1.165, 1.54) is 0 Å². The maximum absolute atomic E-state index is 6.52. The largest absolute Gasteiger partial charge is 0.343 e. The molecule has 0 bridgehead atoms. The van der Waals surface area contributed by atoms with E-state index in [-0.39, 0.29) is 6.04 Å². The number of halogens is 3. The van der Waals surface area contributed by atoms with Gasteiger partial charge in [-0.1, -0.05) is 80.7 Å². The van der Waals surface area contributed by atoms with Crippen molar-refractivity contribution in [1.29, 1.82) is 0 Å². The minimum atomic E-state index is -0.0679. The lowest BCUT2D eigenvalue weighted by Gasteiger charge is -2.18. The van der Waals surface area contributed by atoms with Crippen LogP contribution in [0.3, 0.4) is 0 Å². The molecule has 0 radical (unpaired) electrons. The first-order valence-electron chi connectivity index (χ1n) is 10.2. The smallest absolute Gasteiger partial charge is 0.0847 e. The average molecular weight is 526 g/mol. The molecule has 0 aliphatic carbocycles. The van der Waals surface area contributed by atoms with Gasteiger partial charge in [-0.05, 0) is 41.5 Å². The Balaban J connectivity index is 1.66. The van der Waals surface area contributed by atoms with Gasteiger partial charge in [0.25, 0.3) is 0 Å². The maximum Gasteiger partial charge on any atom is 0.0847 e. The minimum absolute atomic E-state index is 0.0679. The van der Waals surface area contributed by atoms with Crippen molar-refractivity contribution in [3.63, 3.8) is 0 Å². The lowest BCUT2D eigenvalue weighted by atomic mass is 9.98. The molecule has 1 unspecified atom stereocenters. The molecule has 32 heavy (non-hydrogen) atoms. The molecule has 1 atom stereocenters. The van der Waals surface area contributed by atoms with Crippen LogP contribution >= 0.6 is 39.1 Å². The molecule has 0 saturated heterocycles. The summed E-state index contributed by atoms with van der Waals surface area (Å²) in [5.41, 5.74) is 4.42. The molecule has 5 rings (SSSR count). The van der Waals surface area contributed by atoms with Gasteiger partial charge in [0, 0.05) is 56.3 Å². The summed E-state index contributed by atoms with van der Waals surface area (Å²) in [6.07, 6.45) is 6.50. The Morgan fingerprint density at radius 2 is 1.62 bits per heavy atom. The Bertz CT molecular complexity index is 1380. The lowest BCUT2D eigenvalue weighted by molar-refractivity contribution is 0.505. The van der Waals surface area contributed by atoms with Crippen LogP contribution < -0.4 is 0 Å². The predicted molar refractivity (Wildman–Crippen MR) is 134 cm³/mol. The molecule has 0 aliphatic heterocycles. The Morgan fingerprint density at radius 1 is 0.906 bits per heavy atom. The van der Waals surface area contributed by atoms with E-state index in [4.69, 9.17) is 23.2 Å². The molecule has 0 aliphatic rings. The van der Waals surface area contributed by atoms with Gasteiger partial charge in [0.05, 0.1) is 12.2 Å². The van der Waals surface area contributed by atoms with E-state index in [2.05, 4.69) is 67.3 Å². The fourth-order valence-corrected chi connectivity index (χ4v) is 4.87. The Labute approximate surface area is 204 Å². The maximum atomic E-state index is 6.52. The van der Waals surface area contributed by atoms with Crippen LogP contribution in [-0.2, 0) is 13.0 Å². The average Bonchev–Trinajstić information content (AvgIpc) is 3.43. The molecule has 0 saturated carbocycles. The third-order valence-corrected chi connectivity index (χ3v) is 6.89. The zero-order chi connectivity index (χ0) is 22.1. The normalized spacial score (nSPS) is 12.3. The standard InChI is InChI=1S/C25H19BrCl2N4/c26-19-9-10-24-20(14-19)21(16-31(24)15-18-6-2-4-8-23(18)28)25(32-12-11-29-30-32)13-17-5-1-3-7-22(17)27/h1-12,14,16,25H,13,15H2. The highest BCUT2D eigenvalue weighted by molar-refractivity contribution is 9.10. The molecule has 5 aromatic rings. The van der Waals surface area contributed by atoms with Crippen molar-refractivity contribution < 1.29 is 0 Å². The van der Waals surface area contributed by atoms with E-state index >= 15 is 0 Å². The molecule has 2 heterocycles. The Kier molecular flexibility index (Phi) is 6.05. The summed E-state index contributed by atoms with van der Waals surface area (Å²) >= 11 is 16.6. The van der Waals surface area contributed by atoms with Crippen LogP contribution in [0.5, 0.6) is 0 Å². The number of nitrogens with zero attached hydrogens (tertiary/aromatic N) is 4. The van der Waals surface area contributed by atoms with Gasteiger partial charge in [0.2, 0.25) is 0 Å². The van der Waals surface area contributed by atoms with Crippen molar-refractivity contribution in [2.45, 2.75) is 19.0 Å². The molecule has 0 N–H and O–H groups in total. The van der Waals surface area contributed by atoms with Crippen molar-refractivity contribution in [2.24, 2.45) is 0 Å². The van der Waals surface area contributed by atoms with Crippen molar-refractivity contribution in [3.8, 4) is 0 Å². The summed E-state index contributed by atoms with van der Waals surface area (Å²) in [4.78, 5) is 0. The fraction of sp³-hybridized carbons (Fsp3) is 0.120. The van der Waals surface area contributed by atoms with E-state index in [0.29, 0.717) is 13.0 Å². The molecule has 160 valence electrons. The van der Waals surface area contributed by atoms with Gasteiger partial charge in [-0.25, -0.2) is 4.68 Å². The number of hydrogen-bond acceptors (Lipinski definition) is 2. The van der Waals surface area contributed by atoms with Crippen LogP contribution in [0.15, 0.2) is 89.8 Å². The number of benzene rings is 3. The van der Waals surface area contributed by atoms with Gasteiger partial charge in [-0.2, -0.15) is 0 Å². The van der Waals surface area contributed by atoms with Crippen molar-refractivity contribution in [2.75, 3.05) is 0 Å². The molecule has 0 amide bonds. The molecule has 2 aromatic heterocycles. The Morgan fingerprint density at radius 3 is 2.31 bits per heavy atom. The van der Waals surface area contributed by atoms with E-state index < -0.39 is 0 Å². The van der Waals surface area contributed by atoms with Crippen LogP contribution in [0, 0.1) is 0 Å². The molecule has 7 heteroatoms. The summed E-state index contributed by atoms with van der Waals surface area (Å²) < 4.78 is 5.17. The van der Waals surface area contributed by atoms with Crippen molar-refractivity contribution in [3.05, 3.63) is 117 Å². The van der Waals surface area contributed by atoms with E-state index in [1.54, 1.807) is 6.20 Å². The highest BCUT2D eigenvalue weighted by Gasteiger charge is 2.22. The number of hydrogen-bond donors (Lipinski definition) is 0. The van der Waals surface area contributed by atoms with Crippen molar-refractivity contribution in [1.82, 2.24) is 19.6 Å². The number of aromatic nitrogens is 4. The summed E-state index contributed by atoms with van der Waals surface area (Å²) in [7, 11) is 0. The van der Waals surface area contributed by atoms with Crippen LogP contribution in [0.4, 0.5) is 0 Å². The van der Waals surface area contributed by atoms with E-state index in [0.717, 1.165) is 42.1 Å². The highest BCUT2D eigenvalue weighted by Crippen LogP contribution is 2.34. The summed E-state index contributed by atoms with van der Waals surface area (Å²) in [6.45, 7) is 0.675. The third kappa shape index (κ3) is 4.20. The van der Waals surface area contributed by atoms with E-state index in [9.17, 15) is 0 Å². The first-order chi connectivity index (χ1) is 15.6. The molecular weight excluding hydrogens is 507 g/mol. The first-order valence-corrected chi connectivity index (χ1v) is 11.8. The van der Waals surface area contributed by atoms with Crippen LogP contribution in [0.25, 0.3) is 10.9 Å². The van der Waals surface area contributed by atoms with Crippen molar-refractivity contribution >= 4 is 50.0 Å². The zero-order valence-electron chi connectivity index (χ0n) is 17.0. The van der Waals surface area contributed by atoms with E-state index in [1.807, 2.05) is 47.3 Å². The quantitative estimate of drug-likeness (QED) is 0.235. The van der Waals surface area contributed by atoms with Gasteiger partial charge in [0.15, 0.2) is 0 Å². The van der Waals surface area contributed by atoms with Crippen LogP contribution in [-0.4, -0.2) is 19.6 Å². The zero-order valence-corrected chi connectivity index (χ0v) is 20.1. The van der Waals surface area contributed by atoms with Gasteiger partial charge < -0.3 is 4.57 Å². The lowest BCUT2D eigenvalue weighted by Crippen LogP contribution is -2.14. The third-order valence-electron chi connectivity index (χ3n) is 5.66. The monoisotopic (exact) mass is 524 g/mol. The fourth-order valence-electron chi connectivity index (χ4n) is 4.11. The summed E-state index contributed by atoms with van der Waals surface area (Å²) in [5.74, 6) is 0. The second-order valence-corrected chi connectivity index (χ2v) is 9.39. The molecular formula is C25H19BrCl2N4. The van der Waals surface area contributed by atoms with Gasteiger partial charge >= 0.3 is 0 Å². The second-order valence-electron chi connectivity index (χ2n) is 7.66. The second kappa shape index (κ2) is 9.10. The molecule has 3 aromatic carbocycles. The first kappa shape index (κ1) is 21.3. The van der Waals surface area contributed by atoms with Crippen LogP contribution in [0.1, 0.15) is 22.7 Å². The summed E-state index contributed by atoms with van der Waals surface area (Å²) in [6, 6.07) is 22.2. The van der Waals surface area contributed by atoms with Gasteiger partial charge in [-0.3, -0.25) is 0 Å². The SMILES string of the molecule is Clc1ccccc1CC(c1cn(Cc2ccccc2Cl)c2ccc(Br)cc12)n1ccnn1. The summed E-state index contributed by atoms with van der Waals surface area (Å²) in [5, 5.41) is 11.1.